The molecule has 0 saturated carbocycles. The predicted molar refractivity (Wildman–Crippen MR) is 75.3 cm³/mol. The minimum absolute atomic E-state index is 0.216. The lowest BCUT2D eigenvalue weighted by Gasteiger charge is -2.04. The molecule has 0 fully saturated rings. The second-order valence-electron chi connectivity index (χ2n) is 4.78. The Labute approximate surface area is 118 Å². The molecule has 0 bridgehead atoms. The second-order valence-corrected chi connectivity index (χ2v) is 4.78. The average molecular weight is 273 g/mol. The third-order valence-corrected chi connectivity index (χ3v) is 2.82. The van der Waals surface area contributed by atoms with Crippen LogP contribution in [0.15, 0.2) is 12.1 Å². The Bertz CT molecular complexity index is 585. The number of aryl methyl sites for hydroxylation is 3. The van der Waals surface area contributed by atoms with Crippen LogP contribution in [0.1, 0.15) is 46.7 Å². The zero-order valence-corrected chi connectivity index (χ0v) is 12.0. The summed E-state index contributed by atoms with van der Waals surface area (Å²) in [6.07, 6.45) is 1.90. The highest BCUT2D eigenvalue weighted by Gasteiger charge is 2.10. The molecule has 0 unspecified atom stereocenters. The first-order valence-electron chi connectivity index (χ1n) is 6.72. The van der Waals surface area contributed by atoms with Gasteiger partial charge in [0, 0.05) is 17.1 Å². The van der Waals surface area contributed by atoms with Crippen molar-refractivity contribution in [1.82, 2.24) is 25.5 Å². The van der Waals surface area contributed by atoms with E-state index in [4.69, 9.17) is 0 Å². The molecule has 0 radical (unpaired) electrons. The van der Waals surface area contributed by atoms with E-state index in [-0.39, 0.29) is 5.91 Å². The van der Waals surface area contributed by atoms with Gasteiger partial charge in [-0.2, -0.15) is 5.10 Å². The molecule has 0 aromatic carbocycles. The highest BCUT2D eigenvalue weighted by molar-refractivity contribution is 5.92. The van der Waals surface area contributed by atoms with Gasteiger partial charge in [0.15, 0.2) is 0 Å². The van der Waals surface area contributed by atoms with Crippen molar-refractivity contribution in [3.05, 3.63) is 40.7 Å². The fourth-order valence-electron chi connectivity index (χ4n) is 2.00. The normalized spacial score (nSPS) is 10.6. The van der Waals surface area contributed by atoms with E-state index in [1.165, 1.54) is 0 Å². The minimum atomic E-state index is -0.216. The number of hydrogen-bond acceptors (Lipinski definition) is 4. The molecule has 2 N–H and O–H groups in total. The number of rotatable bonds is 5. The molecule has 0 aliphatic heterocycles. The molecule has 2 heterocycles. The Morgan fingerprint density at radius 3 is 2.60 bits per heavy atom. The van der Waals surface area contributed by atoms with Gasteiger partial charge in [-0.3, -0.25) is 9.89 Å². The van der Waals surface area contributed by atoms with Crippen LogP contribution in [-0.4, -0.2) is 26.1 Å². The maximum absolute atomic E-state index is 12.0. The molecule has 2 rings (SSSR count). The lowest BCUT2D eigenvalue weighted by molar-refractivity contribution is 0.0944. The van der Waals surface area contributed by atoms with Crippen LogP contribution in [0.3, 0.4) is 0 Å². The third-order valence-electron chi connectivity index (χ3n) is 2.82. The number of nitrogens with zero attached hydrogens (tertiary/aromatic N) is 3. The first kappa shape index (κ1) is 14.2. The van der Waals surface area contributed by atoms with E-state index in [9.17, 15) is 4.79 Å². The van der Waals surface area contributed by atoms with E-state index in [0.717, 1.165) is 29.9 Å². The fraction of sp³-hybridized carbons (Fsp3) is 0.429. The largest absolute Gasteiger partial charge is 0.343 e. The number of aromatic nitrogens is 4. The smallest absolute Gasteiger partial charge is 0.272 e. The zero-order valence-electron chi connectivity index (χ0n) is 12.0. The van der Waals surface area contributed by atoms with Gasteiger partial charge in [-0.05, 0) is 32.4 Å². The van der Waals surface area contributed by atoms with Crippen LogP contribution in [0.5, 0.6) is 0 Å². The topological polar surface area (TPSA) is 83.6 Å². The van der Waals surface area contributed by atoms with Gasteiger partial charge in [0.05, 0.1) is 6.54 Å². The van der Waals surface area contributed by atoms with Gasteiger partial charge in [0.2, 0.25) is 0 Å². The van der Waals surface area contributed by atoms with E-state index in [2.05, 4.69) is 32.4 Å². The Kier molecular flexibility index (Phi) is 4.45. The molecule has 2 aromatic rings. The number of H-pyrrole nitrogens is 1. The predicted octanol–water partition coefficient (Wildman–Crippen LogP) is 1.70. The van der Waals surface area contributed by atoms with Crippen LogP contribution < -0.4 is 5.32 Å². The van der Waals surface area contributed by atoms with Crippen molar-refractivity contribution in [2.45, 2.75) is 40.2 Å². The quantitative estimate of drug-likeness (QED) is 0.868. The molecule has 0 aliphatic carbocycles. The first-order valence-corrected chi connectivity index (χ1v) is 6.72. The summed E-state index contributed by atoms with van der Waals surface area (Å²) in [6.45, 7) is 6.20. The van der Waals surface area contributed by atoms with Crippen molar-refractivity contribution >= 4 is 5.91 Å². The van der Waals surface area contributed by atoms with Crippen LogP contribution in [0.2, 0.25) is 0 Å². The summed E-state index contributed by atoms with van der Waals surface area (Å²) in [5.74, 6) is 0.395. The van der Waals surface area contributed by atoms with Crippen molar-refractivity contribution in [3.63, 3.8) is 0 Å². The molecule has 2 aromatic heterocycles. The molecule has 6 heteroatoms. The molecular weight excluding hydrogens is 254 g/mol. The third kappa shape index (κ3) is 3.63. The van der Waals surface area contributed by atoms with Crippen LogP contribution in [-0.2, 0) is 13.0 Å². The Hall–Kier alpha value is -2.24. The van der Waals surface area contributed by atoms with Crippen molar-refractivity contribution in [2.75, 3.05) is 0 Å². The number of amides is 1. The van der Waals surface area contributed by atoms with E-state index in [1.807, 2.05) is 19.9 Å². The van der Waals surface area contributed by atoms with Gasteiger partial charge >= 0.3 is 0 Å². The van der Waals surface area contributed by atoms with Crippen LogP contribution in [0.4, 0.5) is 0 Å². The summed E-state index contributed by atoms with van der Waals surface area (Å²) in [6, 6.07) is 3.68. The monoisotopic (exact) mass is 273 g/mol. The second kappa shape index (κ2) is 6.27. The Morgan fingerprint density at radius 2 is 1.95 bits per heavy atom. The number of nitrogens with one attached hydrogen (secondary N) is 2. The van der Waals surface area contributed by atoms with Crippen molar-refractivity contribution < 1.29 is 4.79 Å². The zero-order chi connectivity index (χ0) is 14.5. The molecule has 6 nitrogen and oxygen atoms in total. The summed E-state index contributed by atoms with van der Waals surface area (Å²) < 4.78 is 0. The summed E-state index contributed by atoms with van der Waals surface area (Å²) >= 11 is 0. The van der Waals surface area contributed by atoms with E-state index >= 15 is 0 Å². The summed E-state index contributed by atoms with van der Waals surface area (Å²) in [4.78, 5) is 20.5. The van der Waals surface area contributed by atoms with Crippen LogP contribution in [0, 0.1) is 13.8 Å². The Balaban J connectivity index is 1.97. The van der Waals surface area contributed by atoms with E-state index in [0.29, 0.717) is 18.1 Å². The lowest BCUT2D eigenvalue weighted by atomic mass is 10.2. The molecule has 0 atom stereocenters. The molecule has 0 spiro atoms. The van der Waals surface area contributed by atoms with Gasteiger partial charge in [-0.25, -0.2) is 9.97 Å². The average Bonchev–Trinajstić information content (AvgIpc) is 2.84. The van der Waals surface area contributed by atoms with Gasteiger partial charge in [-0.1, -0.05) is 13.3 Å². The summed E-state index contributed by atoms with van der Waals surface area (Å²) in [5.41, 5.74) is 3.16. The minimum Gasteiger partial charge on any atom is -0.343 e. The van der Waals surface area contributed by atoms with Gasteiger partial charge in [0.25, 0.3) is 5.91 Å². The highest BCUT2D eigenvalue weighted by Crippen LogP contribution is 2.03. The van der Waals surface area contributed by atoms with Crippen molar-refractivity contribution in [3.8, 4) is 0 Å². The summed E-state index contributed by atoms with van der Waals surface area (Å²) in [7, 11) is 0. The lowest BCUT2D eigenvalue weighted by Crippen LogP contribution is -2.24. The molecule has 106 valence electrons. The summed E-state index contributed by atoms with van der Waals surface area (Å²) in [5, 5.41) is 9.64. The maximum Gasteiger partial charge on any atom is 0.272 e. The number of aromatic amines is 1. The molecule has 1 amide bonds. The number of carbonyl (C=O) groups is 1. The van der Waals surface area contributed by atoms with Gasteiger partial charge in [0.1, 0.15) is 11.5 Å². The van der Waals surface area contributed by atoms with Crippen LogP contribution in [0.25, 0.3) is 0 Å². The van der Waals surface area contributed by atoms with Crippen LogP contribution >= 0.6 is 0 Å². The fourth-order valence-corrected chi connectivity index (χ4v) is 2.00. The Morgan fingerprint density at radius 1 is 1.25 bits per heavy atom. The first-order chi connectivity index (χ1) is 9.58. The van der Waals surface area contributed by atoms with Gasteiger partial charge in [-0.15, -0.1) is 0 Å². The number of hydrogen-bond donors (Lipinski definition) is 2. The number of carbonyl (C=O) groups excluding carboxylic acids is 1. The van der Waals surface area contributed by atoms with Crippen molar-refractivity contribution in [1.29, 1.82) is 0 Å². The van der Waals surface area contributed by atoms with Gasteiger partial charge < -0.3 is 5.32 Å². The SMILES string of the molecule is CCCc1cc(C(=O)NCc2nc(C)cc(C)n2)n[nH]1. The van der Waals surface area contributed by atoms with Crippen molar-refractivity contribution in [2.24, 2.45) is 0 Å². The maximum atomic E-state index is 12.0. The standard InChI is InChI=1S/C14H19N5O/c1-4-5-11-7-12(19-18-11)14(20)15-8-13-16-9(2)6-10(3)17-13/h6-7H,4-5,8H2,1-3H3,(H,15,20)(H,18,19). The highest BCUT2D eigenvalue weighted by atomic mass is 16.1. The van der Waals surface area contributed by atoms with E-state index < -0.39 is 0 Å². The molecule has 20 heavy (non-hydrogen) atoms. The molecule has 0 aliphatic rings. The molecular formula is C14H19N5O. The van der Waals surface area contributed by atoms with E-state index in [1.54, 1.807) is 6.07 Å². The molecule has 0 saturated heterocycles.